The van der Waals surface area contributed by atoms with Crippen molar-refractivity contribution >= 4 is 31.6 Å². The summed E-state index contributed by atoms with van der Waals surface area (Å²) in [6, 6.07) is 1.99. The van der Waals surface area contributed by atoms with Gasteiger partial charge in [-0.3, -0.25) is 0 Å². The highest BCUT2D eigenvalue weighted by Crippen LogP contribution is 2.22. The van der Waals surface area contributed by atoms with Crippen LogP contribution in [0.5, 0.6) is 0 Å². The third kappa shape index (κ3) is 2.55. The first-order valence-corrected chi connectivity index (χ1v) is 7.67. The summed E-state index contributed by atoms with van der Waals surface area (Å²) in [4.78, 5) is 6.36. The Bertz CT molecular complexity index is 488. The van der Waals surface area contributed by atoms with Crippen molar-refractivity contribution in [1.29, 1.82) is 0 Å². The lowest BCUT2D eigenvalue weighted by Gasteiger charge is -2.28. The van der Waals surface area contributed by atoms with Crippen LogP contribution in [0, 0.1) is 6.92 Å². The summed E-state index contributed by atoms with van der Waals surface area (Å²) in [5.41, 5.74) is 1.06. The van der Waals surface area contributed by atoms with E-state index >= 15 is 0 Å². The summed E-state index contributed by atoms with van der Waals surface area (Å²) in [5, 5.41) is 0. The Balaban J connectivity index is 2.20. The summed E-state index contributed by atoms with van der Waals surface area (Å²) >= 11 is 3.36. The number of sulfone groups is 1. The summed E-state index contributed by atoms with van der Waals surface area (Å²) in [6.45, 7) is 3.06. The molecule has 0 aromatic carbocycles. The highest BCUT2D eigenvalue weighted by molar-refractivity contribution is 9.10. The molecule has 16 heavy (non-hydrogen) atoms. The van der Waals surface area contributed by atoms with Gasteiger partial charge in [0.25, 0.3) is 0 Å². The van der Waals surface area contributed by atoms with Gasteiger partial charge in [-0.25, -0.2) is 13.4 Å². The van der Waals surface area contributed by atoms with E-state index in [1.807, 2.05) is 17.9 Å². The molecular formula is C10H13BrN2O2S. The van der Waals surface area contributed by atoms with E-state index in [0.29, 0.717) is 13.1 Å². The number of anilines is 1. The number of halogens is 1. The second kappa shape index (κ2) is 4.33. The van der Waals surface area contributed by atoms with Gasteiger partial charge < -0.3 is 4.90 Å². The Morgan fingerprint density at radius 3 is 2.56 bits per heavy atom. The molecule has 0 saturated carbocycles. The zero-order valence-corrected chi connectivity index (χ0v) is 11.4. The van der Waals surface area contributed by atoms with Crippen molar-refractivity contribution in [3.8, 4) is 0 Å². The fraction of sp³-hybridized carbons (Fsp3) is 0.500. The number of aromatic nitrogens is 1. The minimum Gasteiger partial charge on any atom is -0.354 e. The van der Waals surface area contributed by atoms with Crippen molar-refractivity contribution in [2.24, 2.45) is 0 Å². The van der Waals surface area contributed by atoms with E-state index in [1.54, 1.807) is 6.20 Å². The highest BCUT2D eigenvalue weighted by Gasteiger charge is 2.23. The van der Waals surface area contributed by atoms with E-state index in [-0.39, 0.29) is 11.5 Å². The zero-order valence-electron chi connectivity index (χ0n) is 8.98. The molecule has 1 aromatic rings. The topological polar surface area (TPSA) is 50.3 Å². The number of hydrogen-bond donors (Lipinski definition) is 0. The fourth-order valence-corrected chi connectivity index (χ4v) is 3.44. The van der Waals surface area contributed by atoms with E-state index in [1.165, 1.54) is 0 Å². The molecule has 1 saturated heterocycles. The van der Waals surface area contributed by atoms with Crippen LogP contribution < -0.4 is 4.90 Å². The minimum atomic E-state index is -2.82. The van der Waals surface area contributed by atoms with Crippen LogP contribution in [0.1, 0.15) is 5.56 Å². The zero-order chi connectivity index (χ0) is 11.8. The van der Waals surface area contributed by atoms with Crippen LogP contribution in [0.3, 0.4) is 0 Å². The van der Waals surface area contributed by atoms with Gasteiger partial charge in [-0.2, -0.15) is 0 Å². The second-order valence-electron chi connectivity index (χ2n) is 3.93. The van der Waals surface area contributed by atoms with Gasteiger partial charge in [0.15, 0.2) is 9.84 Å². The summed E-state index contributed by atoms with van der Waals surface area (Å²) in [5.74, 6) is 1.34. The highest BCUT2D eigenvalue weighted by atomic mass is 79.9. The molecule has 0 spiro atoms. The SMILES string of the molecule is Cc1cc(Br)cnc1N1CCS(=O)(=O)CC1. The van der Waals surface area contributed by atoms with Gasteiger partial charge in [0, 0.05) is 23.8 Å². The quantitative estimate of drug-likeness (QED) is 0.787. The Labute approximate surface area is 104 Å². The van der Waals surface area contributed by atoms with E-state index in [4.69, 9.17) is 0 Å². The lowest BCUT2D eigenvalue weighted by atomic mass is 10.2. The van der Waals surface area contributed by atoms with E-state index in [0.717, 1.165) is 15.9 Å². The van der Waals surface area contributed by atoms with Gasteiger partial charge in [0.1, 0.15) is 5.82 Å². The van der Waals surface area contributed by atoms with Gasteiger partial charge in [0.2, 0.25) is 0 Å². The standard InChI is InChI=1S/C10H13BrN2O2S/c1-8-6-9(11)7-12-10(8)13-2-4-16(14,15)5-3-13/h6-7H,2-5H2,1H3. The summed E-state index contributed by atoms with van der Waals surface area (Å²) < 4.78 is 23.6. The molecule has 0 atom stereocenters. The number of nitrogens with zero attached hydrogens (tertiary/aromatic N) is 2. The molecule has 6 heteroatoms. The Hall–Kier alpha value is -0.620. The average molecular weight is 305 g/mol. The third-order valence-corrected chi connectivity index (χ3v) is 4.70. The summed E-state index contributed by atoms with van der Waals surface area (Å²) in [7, 11) is -2.82. The molecule has 1 aromatic heterocycles. The van der Waals surface area contributed by atoms with Crippen LogP contribution in [-0.4, -0.2) is 38.0 Å². The van der Waals surface area contributed by atoms with Crippen molar-refractivity contribution in [1.82, 2.24) is 4.98 Å². The van der Waals surface area contributed by atoms with Crippen LogP contribution in [0.25, 0.3) is 0 Å². The van der Waals surface area contributed by atoms with Gasteiger partial charge in [-0.1, -0.05) is 0 Å². The van der Waals surface area contributed by atoms with Crippen molar-refractivity contribution in [2.75, 3.05) is 29.5 Å². The molecule has 2 rings (SSSR count). The van der Waals surface area contributed by atoms with Gasteiger partial charge in [-0.05, 0) is 34.5 Å². The molecule has 4 nitrogen and oxygen atoms in total. The van der Waals surface area contributed by atoms with Crippen LogP contribution >= 0.6 is 15.9 Å². The van der Waals surface area contributed by atoms with Crippen LogP contribution in [-0.2, 0) is 9.84 Å². The molecule has 1 aliphatic heterocycles. The molecule has 0 bridgehead atoms. The molecule has 0 radical (unpaired) electrons. The average Bonchev–Trinajstić information content (AvgIpc) is 2.19. The Kier molecular flexibility index (Phi) is 3.21. The maximum Gasteiger partial charge on any atom is 0.153 e. The Morgan fingerprint density at radius 1 is 1.38 bits per heavy atom. The number of pyridine rings is 1. The predicted octanol–water partition coefficient (Wildman–Crippen LogP) is 1.39. The first-order chi connectivity index (χ1) is 7.48. The summed E-state index contributed by atoms with van der Waals surface area (Å²) in [6.07, 6.45) is 1.74. The van der Waals surface area contributed by atoms with E-state index in [9.17, 15) is 8.42 Å². The fourth-order valence-electron chi connectivity index (χ4n) is 1.79. The third-order valence-electron chi connectivity index (χ3n) is 2.66. The molecule has 0 amide bonds. The Morgan fingerprint density at radius 2 is 2.00 bits per heavy atom. The first kappa shape index (κ1) is 11.9. The minimum absolute atomic E-state index is 0.226. The molecule has 88 valence electrons. The molecular weight excluding hydrogens is 292 g/mol. The maximum atomic E-state index is 11.3. The molecule has 0 N–H and O–H groups in total. The predicted molar refractivity (Wildman–Crippen MR) is 67.5 cm³/mol. The monoisotopic (exact) mass is 304 g/mol. The van der Waals surface area contributed by atoms with Crippen LogP contribution in [0.4, 0.5) is 5.82 Å². The van der Waals surface area contributed by atoms with E-state index in [2.05, 4.69) is 20.9 Å². The second-order valence-corrected chi connectivity index (χ2v) is 7.15. The number of aryl methyl sites for hydroxylation is 1. The molecule has 0 aliphatic carbocycles. The molecule has 0 unspecified atom stereocenters. The largest absolute Gasteiger partial charge is 0.354 e. The number of hydrogen-bond acceptors (Lipinski definition) is 4. The molecule has 1 fully saturated rings. The lowest BCUT2D eigenvalue weighted by molar-refractivity contribution is 0.586. The van der Waals surface area contributed by atoms with Gasteiger partial charge in [0.05, 0.1) is 11.5 Å². The first-order valence-electron chi connectivity index (χ1n) is 5.05. The lowest BCUT2D eigenvalue weighted by Crippen LogP contribution is -2.41. The van der Waals surface area contributed by atoms with Crippen molar-refractivity contribution < 1.29 is 8.42 Å². The van der Waals surface area contributed by atoms with E-state index < -0.39 is 9.84 Å². The van der Waals surface area contributed by atoms with Crippen molar-refractivity contribution in [3.05, 3.63) is 22.3 Å². The molecule has 1 aliphatic rings. The smallest absolute Gasteiger partial charge is 0.153 e. The van der Waals surface area contributed by atoms with Crippen LogP contribution in [0.2, 0.25) is 0 Å². The maximum absolute atomic E-state index is 11.3. The van der Waals surface area contributed by atoms with Crippen LogP contribution in [0.15, 0.2) is 16.7 Å². The number of rotatable bonds is 1. The molecule has 2 heterocycles. The van der Waals surface area contributed by atoms with Crippen molar-refractivity contribution in [2.45, 2.75) is 6.92 Å². The van der Waals surface area contributed by atoms with Gasteiger partial charge in [-0.15, -0.1) is 0 Å². The normalized spacial score (nSPS) is 19.8. The van der Waals surface area contributed by atoms with Crippen molar-refractivity contribution in [3.63, 3.8) is 0 Å². The van der Waals surface area contributed by atoms with Gasteiger partial charge >= 0.3 is 0 Å².